The number of benzene rings is 1. The van der Waals surface area contributed by atoms with E-state index in [4.69, 9.17) is 9.29 Å². The summed E-state index contributed by atoms with van der Waals surface area (Å²) in [6.07, 6.45) is 3.57. The Hall–Kier alpha value is -1.33. The van der Waals surface area contributed by atoms with Crippen molar-refractivity contribution in [3.8, 4) is 0 Å². The molecule has 0 bridgehead atoms. The van der Waals surface area contributed by atoms with Crippen LogP contribution in [0.1, 0.15) is 12.0 Å². The summed E-state index contributed by atoms with van der Waals surface area (Å²) in [6, 6.07) is 9.61. The Kier molecular flexibility index (Phi) is 5.01. The molecule has 0 fully saturated rings. The highest BCUT2D eigenvalue weighted by Gasteiger charge is 2.02. The quantitative estimate of drug-likeness (QED) is 0.470. The van der Waals surface area contributed by atoms with Crippen LogP contribution in [0.4, 0.5) is 0 Å². The molecule has 1 rings (SSSR count). The number of ether oxygens (including phenoxy) is 1. The molecular weight excluding hydrogens is 228 g/mol. The van der Waals surface area contributed by atoms with Crippen LogP contribution in [0.25, 0.3) is 6.08 Å². The Morgan fingerprint density at radius 2 is 1.94 bits per heavy atom. The van der Waals surface area contributed by atoms with Crippen LogP contribution >= 0.6 is 0 Å². The van der Waals surface area contributed by atoms with E-state index in [-0.39, 0.29) is 18.8 Å². The molecule has 0 amide bonds. The van der Waals surface area contributed by atoms with E-state index in [2.05, 4.69) is 0 Å². The average molecular weight is 242 g/mol. The molecule has 0 aliphatic carbocycles. The SMILES string of the molecule is O=S(=O)(O)CCCOC=Cc1ccccc1. The lowest BCUT2D eigenvalue weighted by atomic mass is 10.2. The van der Waals surface area contributed by atoms with Gasteiger partial charge in [0, 0.05) is 0 Å². The highest BCUT2D eigenvalue weighted by molar-refractivity contribution is 7.85. The lowest BCUT2D eigenvalue weighted by molar-refractivity contribution is 0.252. The molecule has 0 aromatic heterocycles. The molecule has 1 aromatic carbocycles. The summed E-state index contributed by atoms with van der Waals surface area (Å²) in [4.78, 5) is 0. The second-order valence-corrected chi connectivity index (χ2v) is 4.80. The molecular formula is C11H14O4S. The molecule has 0 aliphatic heterocycles. The van der Waals surface area contributed by atoms with Gasteiger partial charge in [0.25, 0.3) is 10.1 Å². The molecule has 0 atom stereocenters. The third-order valence-electron chi connectivity index (χ3n) is 1.82. The lowest BCUT2D eigenvalue weighted by Gasteiger charge is -1.99. The van der Waals surface area contributed by atoms with Gasteiger partial charge in [0.05, 0.1) is 18.6 Å². The molecule has 0 aliphatic rings. The van der Waals surface area contributed by atoms with Crippen molar-refractivity contribution < 1.29 is 17.7 Å². The van der Waals surface area contributed by atoms with E-state index in [0.29, 0.717) is 0 Å². The topological polar surface area (TPSA) is 63.6 Å². The predicted octanol–water partition coefficient (Wildman–Crippen LogP) is 1.95. The van der Waals surface area contributed by atoms with Crippen LogP contribution in [0, 0.1) is 0 Å². The van der Waals surface area contributed by atoms with Crippen molar-refractivity contribution in [3.63, 3.8) is 0 Å². The zero-order valence-electron chi connectivity index (χ0n) is 8.74. The standard InChI is InChI=1S/C11H14O4S/c12-16(13,14)10-4-8-15-9-7-11-5-2-1-3-6-11/h1-3,5-7,9H,4,8,10H2,(H,12,13,14). The van der Waals surface area contributed by atoms with Crippen molar-refractivity contribution in [3.05, 3.63) is 42.2 Å². The zero-order chi connectivity index (χ0) is 11.9. The van der Waals surface area contributed by atoms with Crippen LogP contribution in [0.2, 0.25) is 0 Å². The van der Waals surface area contributed by atoms with E-state index < -0.39 is 10.1 Å². The number of hydrogen-bond donors (Lipinski definition) is 1. The molecule has 0 radical (unpaired) electrons. The first kappa shape index (κ1) is 12.7. The predicted molar refractivity (Wildman–Crippen MR) is 62.5 cm³/mol. The minimum Gasteiger partial charge on any atom is -0.501 e. The van der Waals surface area contributed by atoms with Crippen molar-refractivity contribution in [2.24, 2.45) is 0 Å². The van der Waals surface area contributed by atoms with Gasteiger partial charge in [-0.3, -0.25) is 4.55 Å². The summed E-state index contributed by atoms with van der Waals surface area (Å²) in [5.74, 6) is -0.272. The average Bonchev–Trinajstić information content (AvgIpc) is 2.23. The summed E-state index contributed by atoms with van der Waals surface area (Å²) < 4.78 is 34.3. The van der Waals surface area contributed by atoms with E-state index in [1.54, 1.807) is 6.08 Å². The monoisotopic (exact) mass is 242 g/mol. The van der Waals surface area contributed by atoms with Crippen LogP contribution in [-0.2, 0) is 14.9 Å². The Bertz CT molecular complexity index is 423. The normalized spacial score (nSPS) is 11.8. The minimum absolute atomic E-state index is 0.267. The molecule has 0 saturated carbocycles. The second kappa shape index (κ2) is 6.30. The summed E-state index contributed by atoms with van der Waals surface area (Å²) >= 11 is 0. The molecule has 0 saturated heterocycles. The summed E-state index contributed by atoms with van der Waals surface area (Å²) in [6.45, 7) is 0.267. The molecule has 1 N–H and O–H groups in total. The van der Waals surface area contributed by atoms with Gasteiger partial charge in [0.15, 0.2) is 0 Å². The highest BCUT2D eigenvalue weighted by Crippen LogP contribution is 2.01. The van der Waals surface area contributed by atoms with Crippen molar-refractivity contribution >= 4 is 16.2 Å². The van der Waals surface area contributed by atoms with E-state index >= 15 is 0 Å². The maximum absolute atomic E-state index is 10.4. The highest BCUT2D eigenvalue weighted by atomic mass is 32.2. The number of hydrogen-bond acceptors (Lipinski definition) is 3. The third kappa shape index (κ3) is 6.21. The summed E-state index contributed by atoms with van der Waals surface area (Å²) in [5.41, 5.74) is 1.01. The van der Waals surface area contributed by atoms with Gasteiger partial charge in [-0.1, -0.05) is 30.3 Å². The first-order valence-corrected chi connectivity index (χ1v) is 6.47. The first-order chi connectivity index (χ1) is 7.58. The Labute approximate surface area is 95.3 Å². The molecule has 88 valence electrons. The van der Waals surface area contributed by atoms with Gasteiger partial charge in [0.1, 0.15) is 0 Å². The van der Waals surface area contributed by atoms with E-state index in [9.17, 15) is 8.42 Å². The van der Waals surface area contributed by atoms with Gasteiger partial charge >= 0.3 is 0 Å². The summed E-state index contributed by atoms with van der Waals surface area (Å²) in [5, 5.41) is 0. The van der Waals surface area contributed by atoms with Crippen molar-refractivity contribution in [2.45, 2.75) is 6.42 Å². The van der Waals surface area contributed by atoms with E-state index in [0.717, 1.165) is 5.56 Å². The van der Waals surface area contributed by atoms with Crippen molar-refractivity contribution in [1.29, 1.82) is 0 Å². The van der Waals surface area contributed by atoms with Crippen molar-refractivity contribution in [2.75, 3.05) is 12.4 Å². The van der Waals surface area contributed by atoms with Crippen LogP contribution in [0.15, 0.2) is 36.6 Å². The molecule has 1 aromatic rings. The van der Waals surface area contributed by atoms with Gasteiger partial charge < -0.3 is 4.74 Å². The first-order valence-electron chi connectivity index (χ1n) is 4.86. The fraction of sp³-hybridized carbons (Fsp3) is 0.273. The fourth-order valence-corrected chi connectivity index (χ4v) is 1.57. The Morgan fingerprint density at radius 1 is 1.25 bits per heavy atom. The Morgan fingerprint density at radius 3 is 2.56 bits per heavy atom. The summed E-state index contributed by atoms with van der Waals surface area (Å²) in [7, 11) is -3.87. The van der Waals surface area contributed by atoms with Crippen LogP contribution in [-0.4, -0.2) is 25.3 Å². The van der Waals surface area contributed by atoms with Gasteiger partial charge in [-0.25, -0.2) is 0 Å². The zero-order valence-corrected chi connectivity index (χ0v) is 9.56. The lowest BCUT2D eigenvalue weighted by Crippen LogP contribution is -2.05. The molecule has 0 spiro atoms. The third-order valence-corrected chi connectivity index (χ3v) is 2.63. The molecule has 5 heteroatoms. The van der Waals surface area contributed by atoms with Gasteiger partial charge in [-0.05, 0) is 18.1 Å². The molecule has 16 heavy (non-hydrogen) atoms. The van der Waals surface area contributed by atoms with Gasteiger partial charge in [-0.2, -0.15) is 8.42 Å². The second-order valence-electron chi connectivity index (χ2n) is 3.22. The fourth-order valence-electron chi connectivity index (χ4n) is 1.08. The number of rotatable bonds is 6. The molecule has 4 nitrogen and oxygen atoms in total. The molecule has 0 heterocycles. The largest absolute Gasteiger partial charge is 0.501 e. The van der Waals surface area contributed by atoms with Gasteiger partial charge in [-0.15, -0.1) is 0 Å². The van der Waals surface area contributed by atoms with Crippen LogP contribution < -0.4 is 0 Å². The van der Waals surface area contributed by atoms with E-state index in [1.165, 1.54) is 6.26 Å². The van der Waals surface area contributed by atoms with Gasteiger partial charge in [0.2, 0.25) is 0 Å². The van der Waals surface area contributed by atoms with Crippen molar-refractivity contribution in [1.82, 2.24) is 0 Å². The van der Waals surface area contributed by atoms with E-state index in [1.807, 2.05) is 30.3 Å². The minimum atomic E-state index is -3.87. The maximum Gasteiger partial charge on any atom is 0.264 e. The molecule has 0 unspecified atom stereocenters. The van der Waals surface area contributed by atoms with Crippen LogP contribution in [0.3, 0.4) is 0 Å². The smallest absolute Gasteiger partial charge is 0.264 e. The van der Waals surface area contributed by atoms with Crippen LogP contribution in [0.5, 0.6) is 0 Å². The maximum atomic E-state index is 10.4. The Balaban J connectivity index is 2.19.